The molecule has 0 radical (unpaired) electrons. The van der Waals surface area contributed by atoms with Gasteiger partial charge in [0.15, 0.2) is 0 Å². The highest BCUT2D eigenvalue weighted by molar-refractivity contribution is 5.51. The van der Waals surface area contributed by atoms with Gasteiger partial charge in [-0.05, 0) is 36.5 Å². The maximum Gasteiger partial charge on any atom is 0.130 e. The monoisotopic (exact) mass is 294 g/mol. The minimum absolute atomic E-state index is 0.188. The molecule has 1 aromatic carbocycles. The molecule has 2 aromatic rings. The number of pyridine rings is 1. The topological polar surface area (TPSA) is 68.2 Å². The SMILES string of the molecule is Nc1ccnc(N2CCC3(CC2)CC(N)c2ccccc23)c1. The summed E-state index contributed by atoms with van der Waals surface area (Å²) in [4.78, 5) is 6.80. The van der Waals surface area contributed by atoms with Crippen LogP contribution in [-0.4, -0.2) is 18.1 Å². The zero-order valence-corrected chi connectivity index (χ0v) is 12.7. The van der Waals surface area contributed by atoms with Crippen molar-refractivity contribution in [2.75, 3.05) is 23.7 Å². The summed E-state index contributed by atoms with van der Waals surface area (Å²) in [6.07, 6.45) is 5.13. The van der Waals surface area contributed by atoms with Crippen molar-refractivity contribution in [1.82, 2.24) is 4.98 Å². The number of benzene rings is 1. The summed E-state index contributed by atoms with van der Waals surface area (Å²) in [6, 6.07) is 12.7. The van der Waals surface area contributed by atoms with Gasteiger partial charge in [0.2, 0.25) is 0 Å². The minimum Gasteiger partial charge on any atom is -0.399 e. The first kappa shape index (κ1) is 13.6. The Morgan fingerprint density at radius 3 is 2.68 bits per heavy atom. The van der Waals surface area contributed by atoms with Crippen molar-refractivity contribution >= 4 is 11.5 Å². The molecule has 22 heavy (non-hydrogen) atoms. The predicted molar refractivity (Wildman–Crippen MR) is 89.8 cm³/mol. The maximum atomic E-state index is 6.38. The predicted octanol–water partition coefficient (Wildman–Crippen LogP) is 2.61. The Hall–Kier alpha value is -2.07. The van der Waals surface area contributed by atoms with Crippen molar-refractivity contribution in [2.24, 2.45) is 5.73 Å². The largest absolute Gasteiger partial charge is 0.399 e. The molecule has 4 rings (SSSR count). The van der Waals surface area contributed by atoms with Crippen molar-refractivity contribution in [3.63, 3.8) is 0 Å². The lowest BCUT2D eigenvalue weighted by atomic mass is 9.73. The molecule has 1 atom stereocenters. The molecular weight excluding hydrogens is 272 g/mol. The summed E-state index contributed by atoms with van der Waals surface area (Å²) in [5, 5.41) is 0. The van der Waals surface area contributed by atoms with Crippen LogP contribution >= 0.6 is 0 Å². The molecule has 1 aliphatic heterocycles. The fourth-order valence-electron chi connectivity index (χ4n) is 4.19. The number of hydrogen-bond donors (Lipinski definition) is 2. The minimum atomic E-state index is 0.188. The van der Waals surface area contributed by atoms with Gasteiger partial charge >= 0.3 is 0 Å². The average Bonchev–Trinajstić information content (AvgIpc) is 2.81. The van der Waals surface area contributed by atoms with E-state index in [9.17, 15) is 0 Å². The molecule has 2 heterocycles. The zero-order chi connectivity index (χ0) is 15.2. The lowest BCUT2D eigenvalue weighted by Crippen LogP contribution is -2.42. The second-order valence-corrected chi connectivity index (χ2v) is 6.61. The average molecular weight is 294 g/mol. The van der Waals surface area contributed by atoms with E-state index in [1.54, 1.807) is 6.20 Å². The first-order valence-electron chi connectivity index (χ1n) is 7.99. The van der Waals surface area contributed by atoms with Crippen LogP contribution in [0, 0.1) is 0 Å². The molecule has 1 fully saturated rings. The van der Waals surface area contributed by atoms with Gasteiger partial charge in [0.25, 0.3) is 0 Å². The first-order chi connectivity index (χ1) is 10.7. The molecule has 114 valence electrons. The van der Waals surface area contributed by atoms with Crippen molar-refractivity contribution in [3.8, 4) is 0 Å². The van der Waals surface area contributed by atoms with Crippen molar-refractivity contribution < 1.29 is 0 Å². The number of aromatic nitrogens is 1. The van der Waals surface area contributed by atoms with Crippen LogP contribution in [0.2, 0.25) is 0 Å². The first-order valence-corrected chi connectivity index (χ1v) is 7.99. The molecule has 1 unspecified atom stereocenters. The van der Waals surface area contributed by atoms with Gasteiger partial charge in [-0.3, -0.25) is 0 Å². The molecule has 4 nitrogen and oxygen atoms in total. The Morgan fingerprint density at radius 1 is 1.14 bits per heavy atom. The number of piperidine rings is 1. The molecule has 1 aromatic heterocycles. The number of fused-ring (bicyclic) bond motifs is 2. The van der Waals surface area contributed by atoms with Gasteiger partial charge in [0.1, 0.15) is 5.82 Å². The molecular formula is C18H22N4. The van der Waals surface area contributed by atoms with Crippen molar-refractivity contribution in [2.45, 2.75) is 30.7 Å². The van der Waals surface area contributed by atoms with Crippen LogP contribution in [0.5, 0.6) is 0 Å². The lowest BCUT2D eigenvalue weighted by molar-refractivity contribution is 0.315. The Balaban J connectivity index is 1.58. The van der Waals surface area contributed by atoms with Gasteiger partial charge in [-0.15, -0.1) is 0 Å². The van der Waals surface area contributed by atoms with Gasteiger partial charge in [-0.2, -0.15) is 0 Å². The van der Waals surface area contributed by atoms with Crippen molar-refractivity contribution in [1.29, 1.82) is 0 Å². The fraction of sp³-hybridized carbons (Fsp3) is 0.389. The highest BCUT2D eigenvalue weighted by atomic mass is 15.2. The van der Waals surface area contributed by atoms with Crippen LogP contribution in [0.4, 0.5) is 11.5 Å². The van der Waals surface area contributed by atoms with Crippen LogP contribution < -0.4 is 16.4 Å². The Kier molecular flexibility index (Phi) is 3.08. The van der Waals surface area contributed by atoms with E-state index in [0.29, 0.717) is 0 Å². The van der Waals surface area contributed by atoms with E-state index in [2.05, 4.69) is 34.1 Å². The van der Waals surface area contributed by atoms with E-state index in [1.165, 1.54) is 11.1 Å². The summed E-state index contributed by atoms with van der Waals surface area (Å²) >= 11 is 0. The van der Waals surface area contributed by atoms with Gasteiger partial charge in [-0.25, -0.2) is 4.98 Å². The van der Waals surface area contributed by atoms with E-state index in [1.807, 2.05) is 12.1 Å². The molecule has 4 heteroatoms. The van der Waals surface area contributed by atoms with Crippen molar-refractivity contribution in [3.05, 3.63) is 53.7 Å². The third-order valence-corrected chi connectivity index (χ3v) is 5.36. The molecule has 2 aliphatic rings. The quantitative estimate of drug-likeness (QED) is 0.848. The van der Waals surface area contributed by atoms with Gasteiger partial charge in [0, 0.05) is 42.5 Å². The molecule has 1 spiro atoms. The van der Waals surface area contributed by atoms with Crippen LogP contribution in [0.15, 0.2) is 42.6 Å². The zero-order valence-electron chi connectivity index (χ0n) is 12.7. The van der Waals surface area contributed by atoms with Crippen LogP contribution in [0.25, 0.3) is 0 Å². The molecule has 0 saturated carbocycles. The number of hydrogen-bond acceptors (Lipinski definition) is 4. The molecule has 1 aliphatic carbocycles. The van der Waals surface area contributed by atoms with Gasteiger partial charge in [-0.1, -0.05) is 24.3 Å². The van der Waals surface area contributed by atoms with E-state index >= 15 is 0 Å². The summed E-state index contributed by atoms with van der Waals surface area (Å²) in [7, 11) is 0. The van der Waals surface area contributed by atoms with Gasteiger partial charge in [0.05, 0.1) is 0 Å². The highest BCUT2D eigenvalue weighted by Crippen LogP contribution is 2.50. The Morgan fingerprint density at radius 2 is 1.91 bits per heavy atom. The normalized spacial score (nSPS) is 22.8. The van der Waals surface area contributed by atoms with Crippen LogP contribution in [-0.2, 0) is 5.41 Å². The summed E-state index contributed by atoms with van der Waals surface area (Å²) < 4.78 is 0. The van der Waals surface area contributed by atoms with Gasteiger partial charge < -0.3 is 16.4 Å². The fourth-order valence-corrected chi connectivity index (χ4v) is 4.19. The summed E-state index contributed by atoms with van der Waals surface area (Å²) in [6.45, 7) is 2.02. The molecule has 4 N–H and O–H groups in total. The summed E-state index contributed by atoms with van der Waals surface area (Å²) in [5.74, 6) is 0.991. The third kappa shape index (κ3) is 2.06. The second kappa shape index (κ2) is 4.99. The highest BCUT2D eigenvalue weighted by Gasteiger charge is 2.44. The van der Waals surface area contributed by atoms with Crippen LogP contribution in [0.1, 0.15) is 36.4 Å². The number of rotatable bonds is 1. The number of nitrogens with zero attached hydrogens (tertiary/aromatic N) is 2. The van der Waals surface area contributed by atoms with E-state index in [0.717, 1.165) is 43.9 Å². The summed E-state index contributed by atoms with van der Waals surface area (Å²) in [5.41, 5.74) is 16.1. The number of nitrogen functional groups attached to an aromatic ring is 1. The molecule has 0 bridgehead atoms. The third-order valence-electron chi connectivity index (χ3n) is 5.36. The van der Waals surface area contributed by atoms with Crippen LogP contribution in [0.3, 0.4) is 0 Å². The molecule has 0 amide bonds. The van der Waals surface area contributed by atoms with E-state index in [4.69, 9.17) is 11.5 Å². The Bertz CT molecular complexity index is 689. The van der Waals surface area contributed by atoms with E-state index < -0.39 is 0 Å². The second-order valence-electron chi connectivity index (χ2n) is 6.61. The smallest absolute Gasteiger partial charge is 0.130 e. The number of anilines is 2. The maximum absolute atomic E-state index is 6.38. The standard InChI is InChI=1S/C18H22N4/c19-13-5-8-21-17(11-13)22-9-6-18(7-10-22)12-16(20)14-3-1-2-4-15(14)18/h1-5,8,11,16H,6-7,9-10,12,20H2,(H2,19,21). The number of nitrogens with two attached hydrogens (primary N) is 2. The van der Waals surface area contributed by atoms with E-state index in [-0.39, 0.29) is 11.5 Å². The molecule has 1 saturated heterocycles. The lowest BCUT2D eigenvalue weighted by Gasteiger charge is -2.40. The Labute approximate surface area is 131 Å².